The molecule has 0 radical (unpaired) electrons. The summed E-state index contributed by atoms with van der Waals surface area (Å²) in [5.74, 6) is 1.11. The fourth-order valence-electron chi connectivity index (χ4n) is 1.32. The van der Waals surface area contributed by atoms with Crippen LogP contribution in [0.3, 0.4) is 0 Å². The predicted molar refractivity (Wildman–Crippen MR) is 56.4 cm³/mol. The fourth-order valence-corrected chi connectivity index (χ4v) is 1.93. The molecule has 1 rings (SSSR count). The zero-order valence-electron chi connectivity index (χ0n) is 7.74. The third-order valence-corrected chi connectivity index (χ3v) is 3.10. The maximum Gasteiger partial charge on any atom is 0.209 e. The number of hydrogen-bond donors (Lipinski definition) is 1. The number of primary sulfonamides is 1. The first-order valence-corrected chi connectivity index (χ1v) is 6.30. The summed E-state index contributed by atoms with van der Waals surface area (Å²) in [5, 5.41) is 4.86. The molecule has 0 aromatic heterocycles. The van der Waals surface area contributed by atoms with Gasteiger partial charge in [0.2, 0.25) is 10.0 Å². The first kappa shape index (κ1) is 13.2. The lowest BCUT2D eigenvalue weighted by molar-refractivity contribution is 0.584. The lowest BCUT2D eigenvalue weighted by atomic mass is 10.1. The smallest absolute Gasteiger partial charge is 0.209 e. The normalized spacial score (nSPS) is 16.7. The summed E-state index contributed by atoms with van der Waals surface area (Å²) < 4.78 is 21.0. The molecule has 0 unspecified atom stereocenters. The number of unbranched alkanes of at least 4 members (excludes halogenated alkanes) is 2. The molecule has 0 spiro atoms. The van der Waals surface area contributed by atoms with E-state index < -0.39 is 10.0 Å². The van der Waals surface area contributed by atoms with Gasteiger partial charge in [0, 0.05) is 0 Å². The van der Waals surface area contributed by atoms with E-state index in [4.69, 9.17) is 5.14 Å². The molecule has 2 N–H and O–H groups in total. The van der Waals surface area contributed by atoms with Gasteiger partial charge in [0.25, 0.3) is 0 Å². The van der Waals surface area contributed by atoms with Crippen molar-refractivity contribution >= 4 is 22.4 Å². The van der Waals surface area contributed by atoms with Gasteiger partial charge >= 0.3 is 0 Å². The van der Waals surface area contributed by atoms with Crippen LogP contribution < -0.4 is 5.14 Å². The molecule has 0 saturated heterocycles. The highest BCUT2D eigenvalue weighted by Gasteiger charge is 2.19. The number of nitrogens with two attached hydrogens (primary N) is 1. The zero-order valence-corrected chi connectivity index (χ0v) is 9.37. The lowest BCUT2D eigenvalue weighted by Gasteiger charge is -1.98. The van der Waals surface area contributed by atoms with Crippen molar-refractivity contribution in [2.45, 2.75) is 38.5 Å². The van der Waals surface area contributed by atoms with Crippen LogP contribution in [-0.4, -0.2) is 14.2 Å². The van der Waals surface area contributed by atoms with Gasteiger partial charge in [-0.3, -0.25) is 0 Å². The fraction of sp³-hybridized carbons (Fsp3) is 1.00. The molecule has 1 fully saturated rings. The summed E-state index contributed by atoms with van der Waals surface area (Å²) in [5.41, 5.74) is 0. The van der Waals surface area contributed by atoms with E-state index in [-0.39, 0.29) is 18.2 Å². The zero-order chi connectivity index (χ0) is 9.03. The monoisotopic (exact) mass is 227 g/mol. The van der Waals surface area contributed by atoms with Gasteiger partial charge in [0.1, 0.15) is 0 Å². The van der Waals surface area contributed by atoms with Crippen LogP contribution in [-0.2, 0) is 10.0 Å². The van der Waals surface area contributed by atoms with Gasteiger partial charge in [0.05, 0.1) is 5.75 Å². The van der Waals surface area contributed by atoms with Crippen LogP contribution in [0.25, 0.3) is 0 Å². The van der Waals surface area contributed by atoms with Crippen LogP contribution in [0, 0.1) is 5.92 Å². The largest absolute Gasteiger partial charge is 0.229 e. The van der Waals surface area contributed by atoms with E-state index in [9.17, 15) is 8.42 Å². The molecule has 0 aromatic carbocycles. The third-order valence-electron chi connectivity index (χ3n) is 2.24. The number of rotatable bonds is 6. The van der Waals surface area contributed by atoms with Crippen LogP contribution in [0.5, 0.6) is 0 Å². The molecular weight excluding hydrogens is 210 g/mol. The van der Waals surface area contributed by atoms with Crippen molar-refractivity contribution in [3.8, 4) is 0 Å². The Bertz CT molecular complexity index is 224. The quantitative estimate of drug-likeness (QED) is 0.702. The van der Waals surface area contributed by atoms with Crippen LogP contribution in [0.4, 0.5) is 0 Å². The average molecular weight is 228 g/mol. The molecule has 0 bridgehead atoms. The minimum atomic E-state index is -3.21. The minimum absolute atomic E-state index is 0. The number of halogens is 1. The Morgan fingerprint density at radius 2 is 1.77 bits per heavy atom. The molecule has 80 valence electrons. The maximum absolute atomic E-state index is 10.5. The van der Waals surface area contributed by atoms with Crippen LogP contribution in [0.2, 0.25) is 0 Å². The Kier molecular flexibility index (Phi) is 5.92. The van der Waals surface area contributed by atoms with Crippen molar-refractivity contribution in [1.29, 1.82) is 0 Å². The van der Waals surface area contributed by atoms with E-state index >= 15 is 0 Å². The highest BCUT2D eigenvalue weighted by Crippen LogP contribution is 2.33. The molecule has 5 heteroatoms. The Labute approximate surface area is 86.5 Å². The Hall–Kier alpha value is 0.200. The molecule has 1 saturated carbocycles. The van der Waals surface area contributed by atoms with E-state index in [2.05, 4.69) is 0 Å². The molecule has 0 atom stereocenters. The molecule has 0 amide bonds. The summed E-state index contributed by atoms with van der Waals surface area (Å²) in [6, 6.07) is 0. The van der Waals surface area contributed by atoms with Gasteiger partial charge in [-0.15, -0.1) is 12.4 Å². The van der Waals surface area contributed by atoms with E-state index in [1.165, 1.54) is 25.7 Å². The molecule has 0 aliphatic heterocycles. The third kappa shape index (κ3) is 8.53. The average Bonchev–Trinajstić information content (AvgIpc) is 2.68. The highest BCUT2D eigenvalue weighted by atomic mass is 35.5. The summed E-state index contributed by atoms with van der Waals surface area (Å²) >= 11 is 0. The van der Waals surface area contributed by atoms with E-state index in [1.807, 2.05) is 0 Å². The first-order valence-electron chi connectivity index (χ1n) is 4.58. The van der Waals surface area contributed by atoms with E-state index in [0.717, 1.165) is 18.8 Å². The predicted octanol–water partition coefficient (Wildman–Crippen LogP) is 1.67. The van der Waals surface area contributed by atoms with E-state index in [0.29, 0.717) is 0 Å². The Morgan fingerprint density at radius 1 is 1.15 bits per heavy atom. The number of hydrogen-bond acceptors (Lipinski definition) is 2. The van der Waals surface area contributed by atoms with Crippen LogP contribution in [0.1, 0.15) is 38.5 Å². The van der Waals surface area contributed by atoms with Crippen molar-refractivity contribution < 1.29 is 8.42 Å². The Morgan fingerprint density at radius 3 is 2.23 bits per heavy atom. The SMILES string of the molecule is Cl.NS(=O)(=O)CCCCCC1CC1. The van der Waals surface area contributed by atoms with Gasteiger partial charge in [-0.25, -0.2) is 13.6 Å². The second kappa shape index (κ2) is 5.83. The highest BCUT2D eigenvalue weighted by molar-refractivity contribution is 7.89. The molecule has 13 heavy (non-hydrogen) atoms. The second-order valence-corrected chi connectivity index (χ2v) is 5.39. The topological polar surface area (TPSA) is 60.2 Å². The van der Waals surface area contributed by atoms with Gasteiger partial charge in [-0.1, -0.05) is 32.1 Å². The molecule has 1 aliphatic carbocycles. The summed E-state index contributed by atoms with van der Waals surface area (Å²) in [4.78, 5) is 0. The van der Waals surface area contributed by atoms with Crippen molar-refractivity contribution in [2.24, 2.45) is 11.1 Å². The van der Waals surface area contributed by atoms with Gasteiger partial charge in [-0.05, 0) is 12.3 Å². The number of sulfonamides is 1. The summed E-state index contributed by atoms with van der Waals surface area (Å²) in [6.07, 6.45) is 6.95. The Balaban J connectivity index is 0.00000144. The van der Waals surface area contributed by atoms with Crippen molar-refractivity contribution in [1.82, 2.24) is 0 Å². The maximum atomic E-state index is 10.5. The van der Waals surface area contributed by atoms with Crippen LogP contribution >= 0.6 is 12.4 Å². The van der Waals surface area contributed by atoms with Crippen LogP contribution in [0.15, 0.2) is 0 Å². The molecule has 0 aromatic rings. The standard InChI is InChI=1S/C8H17NO2S.ClH/c9-12(10,11)7-3-1-2-4-8-5-6-8;/h8H,1-7H2,(H2,9,10,11);1H. The molecular formula is C8H18ClNO2S. The lowest BCUT2D eigenvalue weighted by Crippen LogP contribution is -2.16. The van der Waals surface area contributed by atoms with E-state index in [1.54, 1.807) is 0 Å². The van der Waals surface area contributed by atoms with Gasteiger partial charge in [-0.2, -0.15) is 0 Å². The molecule has 1 aliphatic rings. The summed E-state index contributed by atoms with van der Waals surface area (Å²) in [7, 11) is -3.21. The molecule has 0 heterocycles. The van der Waals surface area contributed by atoms with Crippen molar-refractivity contribution in [3.05, 3.63) is 0 Å². The van der Waals surface area contributed by atoms with Crippen molar-refractivity contribution in [2.75, 3.05) is 5.75 Å². The first-order chi connectivity index (χ1) is 5.58. The molecule has 3 nitrogen and oxygen atoms in total. The van der Waals surface area contributed by atoms with Crippen molar-refractivity contribution in [3.63, 3.8) is 0 Å². The van der Waals surface area contributed by atoms with Gasteiger partial charge < -0.3 is 0 Å². The minimum Gasteiger partial charge on any atom is -0.229 e. The van der Waals surface area contributed by atoms with Gasteiger partial charge in [0.15, 0.2) is 0 Å². The second-order valence-electron chi connectivity index (χ2n) is 3.66. The summed E-state index contributed by atoms with van der Waals surface area (Å²) in [6.45, 7) is 0.